The molecule has 0 spiro atoms. The monoisotopic (exact) mass is 509 g/mol. The third-order valence-electron chi connectivity index (χ3n) is 5.04. The second-order valence-electron chi connectivity index (χ2n) is 7.75. The minimum absolute atomic E-state index is 0.113. The molecule has 4 heterocycles. The SMILES string of the molecule is O=C(/C(=C/N1CNC(c2cc(C(F)(F)F)nc(C(F)(F)F)c2)N1)c1cncnc1)N1CC(F)(F)C1. The molecule has 16 heteroatoms. The Morgan fingerprint density at radius 2 is 1.60 bits per heavy atom. The molecular weight excluding hydrogens is 494 g/mol. The molecule has 2 aliphatic rings. The zero-order chi connectivity index (χ0) is 25.6. The zero-order valence-electron chi connectivity index (χ0n) is 17.3. The quantitative estimate of drug-likeness (QED) is 0.485. The Morgan fingerprint density at radius 3 is 2.11 bits per heavy atom. The van der Waals surface area contributed by atoms with Gasteiger partial charge in [0.2, 0.25) is 0 Å². The first-order chi connectivity index (χ1) is 16.2. The number of pyridine rings is 1. The number of nitrogens with one attached hydrogen (secondary N) is 2. The lowest BCUT2D eigenvalue weighted by Crippen LogP contribution is -2.58. The highest BCUT2D eigenvalue weighted by molar-refractivity contribution is 6.19. The first-order valence-corrected chi connectivity index (χ1v) is 9.80. The Kier molecular flexibility index (Phi) is 6.12. The Balaban J connectivity index is 1.61. The molecule has 1 atom stereocenters. The molecule has 0 aromatic carbocycles. The molecular formula is C19H15F8N7O. The van der Waals surface area contributed by atoms with Crippen LogP contribution in [-0.4, -0.2) is 56.4 Å². The maximum absolute atomic E-state index is 13.3. The fourth-order valence-electron chi connectivity index (χ4n) is 3.40. The fourth-order valence-corrected chi connectivity index (χ4v) is 3.40. The van der Waals surface area contributed by atoms with E-state index in [-0.39, 0.29) is 17.8 Å². The Hall–Kier alpha value is -3.40. The largest absolute Gasteiger partial charge is 0.433 e. The Bertz CT molecular complexity index is 1100. The molecule has 2 aromatic rings. The predicted molar refractivity (Wildman–Crippen MR) is 101 cm³/mol. The van der Waals surface area contributed by atoms with E-state index in [1.807, 2.05) is 0 Å². The van der Waals surface area contributed by atoms with Gasteiger partial charge in [0.05, 0.1) is 25.3 Å². The van der Waals surface area contributed by atoms with Crippen molar-refractivity contribution in [2.75, 3.05) is 19.8 Å². The van der Waals surface area contributed by atoms with Crippen LogP contribution in [0, 0.1) is 0 Å². The highest BCUT2D eigenvalue weighted by Gasteiger charge is 2.47. The number of rotatable bonds is 4. The molecule has 2 aliphatic heterocycles. The third-order valence-corrected chi connectivity index (χ3v) is 5.04. The van der Waals surface area contributed by atoms with Gasteiger partial charge in [0.25, 0.3) is 11.8 Å². The summed E-state index contributed by atoms with van der Waals surface area (Å²) >= 11 is 0. The van der Waals surface area contributed by atoms with Crippen LogP contribution in [0.4, 0.5) is 35.1 Å². The summed E-state index contributed by atoms with van der Waals surface area (Å²) in [4.78, 5) is 23.9. The summed E-state index contributed by atoms with van der Waals surface area (Å²) in [6.45, 7) is -1.76. The molecule has 1 unspecified atom stereocenters. The van der Waals surface area contributed by atoms with Gasteiger partial charge in [0.1, 0.15) is 23.9 Å². The van der Waals surface area contributed by atoms with Crippen molar-refractivity contribution in [2.45, 2.75) is 24.4 Å². The predicted octanol–water partition coefficient (Wildman–Crippen LogP) is 2.79. The van der Waals surface area contributed by atoms with E-state index in [1.165, 1.54) is 29.9 Å². The van der Waals surface area contributed by atoms with Gasteiger partial charge in [-0.05, 0) is 17.7 Å². The molecule has 35 heavy (non-hydrogen) atoms. The van der Waals surface area contributed by atoms with Crippen molar-refractivity contribution in [1.82, 2.24) is 35.6 Å². The number of carbonyl (C=O) groups is 1. The molecule has 0 bridgehead atoms. The summed E-state index contributed by atoms with van der Waals surface area (Å²) in [5.74, 6) is -3.81. The Labute approximate surface area is 191 Å². The average molecular weight is 509 g/mol. The van der Waals surface area contributed by atoms with Crippen molar-refractivity contribution in [2.24, 2.45) is 0 Å². The average Bonchev–Trinajstić information content (AvgIpc) is 3.23. The van der Waals surface area contributed by atoms with Crippen LogP contribution in [0.25, 0.3) is 5.57 Å². The normalized spacial score (nSPS) is 20.7. The van der Waals surface area contributed by atoms with Crippen LogP contribution in [0.15, 0.2) is 37.1 Å². The summed E-state index contributed by atoms with van der Waals surface area (Å²) in [6, 6.07) is 0.929. The van der Waals surface area contributed by atoms with Crippen LogP contribution >= 0.6 is 0 Å². The molecule has 2 N–H and O–H groups in total. The minimum Gasteiger partial charge on any atom is -0.326 e. The van der Waals surface area contributed by atoms with Gasteiger partial charge in [0, 0.05) is 24.2 Å². The van der Waals surface area contributed by atoms with Gasteiger partial charge >= 0.3 is 12.4 Å². The number of nitrogens with zero attached hydrogens (tertiary/aromatic N) is 5. The van der Waals surface area contributed by atoms with Crippen molar-refractivity contribution in [3.8, 4) is 0 Å². The summed E-state index contributed by atoms with van der Waals surface area (Å²) in [7, 11) is 0. The van der Waals surface area contributed by atoms with E-state index in [2.05, 4.69) is 25.7 Å². The molecule has 2 aromatic heterocycles. The number of carbonyl (C=O) groups excluding carboxylic acids is 1. The summed E-state index contributed by atoms with van der Waals surface area (Å²) in [5, 5.41) is 3.86. The van der Waals surface area contributed by atoms with Gasteiger partial charge in [0.15, 0.2) is 0 Å². The molecule has 2 saturated heterocycles. The molecule has 0 saturated carbocycles. The summed E-state index contributed by atoms with van der Waals surface area (Å²) < 4.78 is 105. The summed E-state index contributed by atoms with van der Waals surface area (Å²) in [6.07, 6.45) is -6.60. The van der Waals surface area contributed by atoms with Crippen LogP contribution in [0.2, 0.25) is 0 Å². The molecule has 8 nitrogen and oxygen atoms in total. The molecule has 2 fully saturated rings. The second kappa shape index (κ2) is 8.67. The number of aromatic nitrogens is 3. The van der Waals surface area contributed by atoms with Gasteiger partial charge < -0.3 is 4.90 Å². The van der Waals surface area contributed by atoms with Crippen LogP contribution in [0.3, 0.4) is 0 Å². The first-order valence-electron chi connectivity index (χ1n) is 9.80. The van der Waals surface area contributed by atoms with E-state index < -0.39 is 60.4 Å². The van der Waals surface area contributed by atoms with E-state index in [0.717, 1.165) is 4.90 Å². The maximum Gasteiger partial charge on any atom is 0.433 e. The number of likely N-dealkylation sites (tertiary alicyclic amines) is 1. The lowest BCUT2D eigenvalue weighted by Gasteiger charge is -2.39. The number of hydrogen-bond donors (Lipinski definition) is 2. The Morgan fingerprint density at radius 1 is 1.03 bits per heavy atom. The first kappa shape index (κ1) is 24.7. The van der Waals surface area contributed by atoms with Crippen molar-refractivity contribution in [3.05, 3.63) is 59.6 Å². The standard InChI is InChI=1S/C19H15F8N7O/c20-17(21)6-33(7-17)16(35)12(11-3-28-8-29-4-11)5-34-9-30-15(32-34)10-1-13(18(22,23)24)31-14(2-10)19(25,26)27/h1-5,8,15,30,32H,6-7,9H2/b12-5+. The van der Waals surface area contributed by atoms with Crippen molar-refractivity contribution in [1.29, 1.82) is 0 Å². The maximum atomic E-state index is 13.3. The molecule has 1 amide bonds. The van der Waals surface area contributed by atoms with E-state index >= 15 is 0 Å². The summed E-state index contributed by atoms with van der Waals surface area (Å²) in [5.41, 5.74) is -1.17. The third kappa shape index (κ3) is 5.48. The number of amides is 1. The molecule has 0 radical (unpaired) electrons. The van der Waals surface area contributed by atoms with Gasteiger partial charge in [-0.15, -0.1) is 0 Å². The van der Waals surface area contributed by atoms with Crippen molar-refractivity contribution >= 4 is 11.5 Å². The number of hydrazine groups is 1. The highest BCUT2D eigenvalue weighted by atomic mass is 19.4. The van der Waals surface area contributed by atoms with Crippen LogP contribution in [0.5, 0.6) is 0 Å². The van der Waals surface area contributed by atoms with Crippen LogP contribution in [0.1, 0.15) is 28.7 Å². The van der Waals surface area contributed by atoms with E-state index in [1.54, 1.807) is 0 Å². The lowest BCUT2D eigenvalue weighted by molar-refractivity contribution is -0.159. The minimum atomic E-state index is -5.12. The molecule has 4 rings (SSSR count). The van der Waals surface area contributed by atoms with Gasteiger partial charge in [-0.2, -0.15) is 26.3 Å². The van der Waals surface area contributed by atoms with Gasteiger partial charge in [-0.25, -0.2) is 29.2 Å². The van der Waals surface area contributed by atoms with Crippen molar-refractivity contribution in [3.63, 3.8) is 0 Å². The van der Waals surface area contributed by atoms with E-state index in [0.29, 0.717) is 12.1 Å². The van der Waals surface area contributed by atoms with Crippen LogP contribution in [-0.2, 0) is 17.1 Å². The number of halogens is 8. The van der Waals surface area contributed by atoms with Gasteiger partial charge in [-0.1, -0.05) is 0 Å². The zero-order valence-corrected chi connectivity index (χ0v) is 17.3. The second-order valence-corrected chi connectivity index (χ2v) is 7.75. The topological polar surface area (TPSA) is 86.3 Å². The van der Waals surface area contributed by atoms with E-state index in [9.17, 15) is 39.9 Å². The molecule has 188 valence electrons. The van der Waals surface area contributed by atoms with E-state index in [4.69, 9.17) is 0 Å². The molecule has 0 aliphatic carbocycles. The number of hydrogen-bond acceptors (Lipinski definition) is 7. The smallest absolute Gasteiger partial charge is 0.326 e. The fraction of sp³-hybridized carbons (Fsp3) is 0.368. The van der Waals surface area contributed by atoms with Gasteiger partial charge in [-0.3, -0.25) is 15.1 Å². The lowest BCUT2D eigenvalue weighted by atomic mass is 10.1. The number of alkyl halides is 8. The van der Waals surface area contributed by atoms with Crippen LogP contribution < -0.4 is 10.7 Å². The van der Waals surface area contributed by atoms with Crippen molar-refractivity contribution < 1.29 is 39.9 Å². The highest BCUT2D eigenvalue weighted by Crippen LogP contribution is 2.35.